The summed E-state index contributed by atoms with van der Waals surface area (Å²) in [6, 6.07) is 10.1. The van der Waals surface area contributed by atoms with Crippen LogP contribution in [0.25, 0.3) is 0 Å². The maximum atomic E-state index is 13.5. The SMILES string of the molecule is CNC(c1cc(F)ccc1C)c1ccc(Cl)cc1OC. The zero-order valence-corrected chi connectivity index (χ0v) is 12.5. The molecule has 0 spiro atoms. The van der Waals surface area contributed by atoms with E-state index < -0.39 is 0 Å². The first-order chi connectivity index (χ1) is 9.56. The van der Waals surface area contributed by atoms with Crippen molar-refractivity contribution < 1.29 is 9.13 Å². The molecule has 0 heterocycles. The van der Waals surface area contributed by atoms with Crippen LogP contribution in [0, 0.1) is 12.7 Å². The molecule has 1 N–H and O–H groups in total. The van der Waals surface area contributed by atoms with Crippen molar-refractivity contribution in [1.29, 1.82) is 0 Å². The van der Waals surface area contributed by atoms with E-state index in [-0.39, 0.29) is 11.9 Å². The van der Waals surface area contributed by atoms with E-state index >= 15 is 0 Å². The zero-order valence-electron chi connectivity index (χ0n) is 11.7. The summed E-state index contributed by atoms with van der Waals surface area (Å²) in [5, 5.41) is 3.81. The fourth-order valence-corrected chi connectivity index (χ4v) is 2.49. The Morgan fingerprint density at radius 1 is 1.15 bits per heavy atom. The molecular formula is C16H17ClFNO. The molecule has 1 atom stereocenters. The molecule has 4 heteroatoms. The lowest BCUT2D eigenvalue weighted by atomic mass is 9.94. The van der Waals surface area contributed by atoms with Crippen LogP contribution < -0.4 is 10.1 Å². The molecule has 0 aliphatic heterocycles. The highest BCUT2D eigenvalue weighted by Crippen LogP contribution is 2.33. The van der Waals surface area contributed by atoms with Crippen molar-refractivity contribution >= 4 is 11.6 Å². The van der Waals surface area contributed by atoms with E-state index in [9.17, 15) is 4.39 Å². The van der Waals surface area contributed by atoms with Gasteiger partial charge in [-0.3, -0.25) is 0 Å². The lowest BCUT2D eigenvalue weighted by Crippen LogP contribution is -2.19. The number of benzene rings is 2. The van der Waals surface area contributed by atoms with Gasteiger partial charge in [0.2, 0.25) is 0 Å². The van der Waals surface area contributed by atoms with Gasteiger partial charge >= 0.3 is 0 Å². The van der Waals surface area contributed by atoms with E-state index in [4.69, 9.17) is 16.3 Å². The third kappa shape index (κ3) is 2.94. The molecule has 0 amide bonds. The maximum absolute atomic E-state index is 13.5. The van der Waals surface area contributed by atoms with Crippen molar-refractivity contribution in [1.82, 2.24) is 5.32 Å². The number of halogens is 2. The molecule has 106 valence electrons. The number of hydrogen-bond acceptors (Lipinski definition) is 2. The Balaban J connectivity index is 2.55. The molecule has 0 saturated carbocycles. The van der Waals surface area contributed by atoms with Crippen molar-refractivity contribution in [3.8, 4) is 5.75 Å². The Bertz CT molecular complexity index is 615. The summed E-state index contributed by atoms with van der Waals surface area (Å²) in [6.07, 6.45) is 0. The molecule has 2 nitrogen and oxygen atoms in total. The smallest absolute Gasteiger partial charge is 0.125 e. The number of methoxy groups -OCH3 is 1. The topological polar surface area (TPSA) is 21.3 Å². The monoisotopic (exact) mass is 293 g/mol. The van der Waals surface area contributed by atoms with E-state index in [0.717, 1.165) is 16.7 Å². The van der Waals surface area contributed by atoms with E-state index in [1.807, 2.05) is 20.0 Å². The first-order valence-corrected chi connectivity index (χ1v) is 6.71. The van der Waals surface area contributed by atoms with Gasteiger partial charge in [-0.25, -0.2) is 4.39 Å². The normalized spacial score (nSPS) is 12.2. The molecule has 2 rings (SSSR count). The predicted molar refractivity (Wildman–Crippen MR) is 80.0 cm³/mol. The van der Waals surface area contributed by atoms with Gasteiger partial charge < -0.3 is 10.1 Å². The largest absolute Gasteiger partial charge is 0.496 e. The molecule has 0 fully saturated rings. The van der Waals surface area contributed by atoms with E-state index in [1.165, 1.54) is 6.07 Å². The van der Waals surface area contributed by atoms with Gasteiger partial charge in [0.1, 0.15) is 11.6 Å². The Labute approximate surface area is 123 Å². The Kier molecular flexibility index (Phi) is 4.63. The summed E-state index contributed by atoms with van der Waals surface area (Å²) in [5.74, 6) is 0.430. The van der Waals surface area contributed by atoms with Crippen molar-refractivity contribution in [3.63, 3.8) is 0 Å². The highest BCUT2D eigenvalue weighted by molar-refractivity contribution is 6.30. The number of rotatable bonds is 4. The second-order valence-electron chi connectivity index (χ2n) is 4.61. The zero-order chi connectivity index (χ0) is 14.7. The molecule has 0 bridgehead atoms. The Hall–Kier alpha value is -1.58. The average Bonchev–Trinajstić information content (AvgIpc) is 2.44. The van der Waals surface area contributed by atoms with Gasteiger partial charge in [-0.05, 0) is 49.4 Å². The second-order valence-corrected chi connectivity index (χ2v) is 5.05. The van der Waals surface area contributed by atoms with Crippen LogP contribution in [-0.2, 0) is 0 Å². The fraction of sp³-hybridized carbons (Fsp3) is 0.250. The summed E-state index contributed by atoms with van der Waals surface area (Å²) in [6.45, 7) is 1.96. The first kappa shape index (κ1) is 14.8. The van der Waals surface area contributed by atoms with Gasteiger partial charge in [-0.2, -0.15) is 0 Å². The van der Waals surface area contributed by atoms with Gasteiger partial charge in [0.25, 0.3) is 0 Å². The number of hydrogen-bond donors (Lipinski definition) is 1. The van der Waals surface area contributed by atoms with Crippen LogP contribution in [0.15, 0.2) is 36.4 Å². The maximum Gasteiger partial charge on any atom is 0.125 e. The molecule has 0 aromatic heterocycles. The molecule has 0 radical (unpaired) electrons. The van der Waals surface area contributed by atoms with Crippen LogP contribution in [0.5, 0.6) is 5.75 Å². The Morgan fingerprint density at radius 2 is 1.90 bits per heavy atom. The van der Waals surface area contributed by atoms with Gasteiger partial charge in [-0.1, -0.05) is 23.7 Å². The van der Waals surface area contributed by atoms with E-state index in [2.05, 4.69) is 5.32 Å². The fourth-order valence-electron chi connectivity index (χ4n) is 2.32. The summed E-state index contributed by atoms with van der Waals surface area (Å²) < 4.78 is 18.9. The number of ether oxygens (including phenoxy) is 1. The van der Waals surface area contributed by atoms with E-state index in [1.54, 1.807) is 31.4 Å². The third-order valence-electron chi connectivity index (χ3n) is 3.35. The van der Waals surface area contributed by atoms with Crippen LogP contribution in [0.1, 0.15) is 22.7 Å². The van der Waals surface area contributed by atoms with Crippen LogP contribution >= 0.6 is 11.6 Å². The van der Waals surface area contributed by atoms with Crippen LogP contribution in [0.3, 0.4) is 0 Å². The molecule has 0 aliphatic carbocycles. The second kappa shape index (κ2) is 6.25. The summed E-state index contributed by atoms with van der Waals surface area (Å²) in [7, 11) is 3.43. The van der Waals surface area contributed by atoms with Gasteiger partial charge in [0, 0.05) is 10.6 Å². The molecule has 2 aromatic rings. The van der Waals surface area contributed by atoms with Crippen molar-refractivity contribution in [2.45, 2.75) is 13.0 Å². The lowest BCUT2D eigenvalue weighted by Gasteiger charge is -2.22. The minimum atomic E-state index is -0.251. The third-order valence-corrected chi connectivity index (χ3v) is 3.58. The van der Waals surface area contributed by atoms with Crippen LogP contribution in [-0.4, -0.2) is 14.2 Å². The van der Waals surface area contributed by atoms with Crippen LogP contribution in [0.2, 0.25) is 5.02 Å². The predicted octanol–water partition coefficient (Wildman–Crippen LogP) is 4.10. The molecule has 0 aliphatic rings. The van der Waals surface area contributed by atoms with Gasteiger partial charge in [0.15, 0.2) is 0 Å². The van der Waals surface area contributed by atoms with Crippen molar-refractivity contribution in [2.24, 2.45) is 0 Å². The summed E-state index contributed by atoms with van der Waals surface area (Å²) in [5.41, 5.74) is 2.82. The quantitative estimate of drug-likeness (QED) is 0.916. The molecule has 20 heavy (non-hydrogen) atoms. The average molecular weight is 294 g/mol. The van der Waals surface area contributed by atoms with E-state index in [0.29, 0.717) is 10.8 Å². The summed E-state index contributed by atoms with van der Waals surface area (Å²) in [4.78, 5) is 0. The molecular weight excluding hydrogens is 277 g/mol. The van der Waals surface area contributed by atoms with Crippen molar-refractivity contribution in [2.75, 3.05) is 14.2 Å². The lowest BCUT2D eigenvalue weighted by molar-refractivity contribution is 0.405. The minimum Gasteiger partial charge on any atom is -0.496 e. The van der Waals surface area contributed by atoms with Gasteiger partial charge in [-0.15, -0.1) is 0 Å². The van der Waals surface area contributed by atoms with Crippen LogP contribution in [0.4, 0.5) is 4.39 Å². The Morgan fingerprint density at radius 3 is 2.55 bits per heavy atom. The molecule has 1 unspecified atom stereocenters. The highest BCUT2D eigenvalue weighted by atomic mass is 35.5. The van der Waals surface area contributed by atoms with Crippen molar-refractivity contribution in [3.05, 3.63) is 63.9 Å². The van der Waals surface area contributed by atoms with Gasteiger partial charge in [0.05, 0.1) is 13.2 Å². The molecule has 0 saturated heterocycles. The first-order valence-electron chi connectivity index (χ1n) is 6.33. The highest BCUT2D eigenvalue weighted by Gasteiger charge is 2.19. The standard InChI is InChI=1S/C16H17ClFNO/c1-10-4-6-12(18)9-14(10)16(19-2)13-7-5-11(17)8-15(13)20-3/h4-9,16,19H,1-3H3. The number of nitrogens with one attached hydrogen (secondary N) is 1. The number of aryl methyl sites for hydroxylation is 1. The molecule has 2 aromatic carbocycles. The minimum absolute atomic E-state index is 0.155. The summed E-state index contributed by atoms with van der Waals surface area (Å²) >= 11 is 5.99.